The zero-order valence-corrected chi connectivity index (χ0v) is 14.8. The Labute approximate surface area is 151 Å². The number of benzene rings is 2. The van der Waals surface area contributed by atoms with Gasteiger partial charge in [0.15, 0.2) is 0 Å². The molecule has 5 rings (SSSR count). The number of para-hydroxylation sites is 1. The van der Waals surface area contributed by atoms with Gasteiger partial charge in [-0.1, -0.05) is 30.3 Å². The van der Waals surface area contributed by atoms with E-state index in [1.165, 1.54) is 33.4 Å². The van der Waals surface area contributed by atoms with Crippen LogP contribution < -0.4 is 0 Å². The number of pyridine rings is 1. The molecule has 126 valence electrons. The van der Waals surface area contributed by atoms with Gasteiger partial charge in [-0.2, -0.15) is 0 Å². The minimum Gasteiger partial charge on any atom is -0.358 e. The van der Waals surface area contributed by atoms with Crippen molar-refractivity contribution in [2.24, 2.45) is 0 Å². The molecule has 2 aromatic carbocycles. The highest BCUT2D eigenvalue weighted by molar-refractivity contribution is 6.13. The number of aromatic amines is 1. The maximum atomic E-state index is 4.74. The van der Waals surface area contributed by atoms with E-state index in [2.05, 4.69) is 78.0 Å². The molecule has 0 bridgehead atoms. The Morgan fingerprint density at radius 1 is 0.846 bits per heavy atom. The quantitative estimate of drug-likeness (QED) is 0.434. The normalized spacial score (nSPS) is 11.5. The van der Waals surface area contributed by atoms with Crippen LogP contribution in [0.15, 0.2) is 72.9 Å². The van der Waals surface area contributed by atoms with Crippen LogP contribution >= 0.6 is 0 Å². The maximum Gasteiger partial charge on any atom is 0.0970 e. The summed E-state index contributed by atoms with van der Waals surface area (Å²) < 4.78 is 2.30. The standard InChI is InChI=1S/C23H19N3/c1-15-14-16(2)25-22(15)18-10-6-11-19-21(18)23-20(12-7-13-24-23)26(19)17-8-4-3-5-9-17/h3-14,25H,1-2H3. The van der Waals surface area contributed by atoms with Crippen LogP contribution in [-0.2, 0) is 0 Å². The van der Waals surface area contributed by atoms with Gasteiger partial charge < -0.3 is 9.55 Å². The number of aryl methyl sites for hydroxylation is 2. The number of aromatic nitrogens is 3. The highest BCUT2D eigenvalue weighted by Crippen LogP contribution is 2.38. The summed E-state index contributed by atoms with van der Waals surface area (Å²) in [5, 5.41) is 1.19. The van der Waals surface area contributed by atoms with Gasteiger partial charge in [-0.25, -0.2) is 0 Å². The van der Waals surface area contributed by atoms with Crippen molar-refractivity contribution in [1.82, 2.24) is 14.5 Å². The summed E-state index contributed by atoms with van der Waals surface area (Å²) in [6.45, 7) is 4.25. The second kappa shape index (κ2) is 5.60. The first kappa shape index (κ1) is 15.0. The smallest absolute Gasteiger partial charge is 0.0970 e. The summed E-state index contributed by atoms with van der Waals surface area (Å²) in [6.07, 6.45) is 1.88. The van der Waals surface area contributed by atoms with E-state index in [4.69, 9.17) is 4.98 Å². The lowest BCUT2D eigenvalue weighted by Gasteiger charge is -2.08. The molecule has 0 aliphatic rings. The van der Waals surface area contributed by atoms with E-state index in [0.717, 1.165) is 16.7 Å². The van der Waals surface area contributed by atoms with Gasteiger partial charge >= 0.3 is 0 Å². The number of H-pyrrole nitrogens is 1. The van der Waals surface area contributed by atoms with Crippen LogP contribution in [0.25, 0.3) is 38.9 Å². The number of hydrogen-bond acceptors (Lipinski definition) is 1. The van der Waals surface area contributed by atoms with E-state index < -0.39 is 0 Å². The van der Waals surface area contributed by atoms with Crippen LogP contribution in [0.5, 0.6) is 0 Å². The van der Waals surface area contributed by atoms with Crippen LogP contribution in [-0.4, -0.2) is 14.5 Å². The van der Waals surface area contributed by atoms with Crippen molar-refractivity contribution >= 4 is 21.9 Å². The van der Waals surface area contributed by atoms with Gasteiger partial charge in [0.25, 0.3) is 0 Å². The van der Waals surface area contributed by atoms with Crippen LogP contribution in [0.2, 0.25) is 0 Å². The van der Waals surface area contributed by atoms with Crippen molar-refractivity contribution in [3.8, 4) is 16.9 Å². The van der Waals surface area contributed by atoms with Gasteiger partial charge in [0.05, 0.1) is 16.6 Å². The predicted octanol–water partition coefficient (Wildman–Crippen LogP) is 5.79. The van der Waals surface area contributed by atoms with E-state index in [9.17, 15) is 0 Å². The number of hydrogen-bond donors (Lipinski definition) is 1. The lowest BCUT2D eigenvalue weighted by Crippen LogP contribution is -1.93. The topological polar surface area (TPSA) is 33.6 Å². The third kappa shape index (κ3) is 2.10. The number of fused-ring (bicyclic) bond motifs is 3. The average Bonchev–Trinajstić information content (AvgIpc) is 3.19. The van der Waals surface area contributed by atoms with Gasteiger partial charge in [0.2, 0.25) is 0 Å². The van der Waals surface area contributed by atoms with Gasteiger partial charge in [-0.3, -0.25) is 4.98 Å². The first-order valence-electron chi connectivity index (χ1n) is 8.84. The largest absolute Gasteiger partial charge is 0.358 e. The molecule has 3 nitrogen and oxygen atoms in total. The molecule has 0 fully saturated rings. The zero-order chi connectivity index (χ0) is 17.7. The second-order valence-corrected chi connectivity index (χ2v) is 6.75. The molecule has 3 heteroatoms. The van der Waals surface area contributed by atoms with Gasteiger partial charge in [0.1, 0.15) is 0 Å². The summed E-state index contributed by atoms with van der Waals surface area (Å²) in [6, 6.07) is 23.3. The Morgan fingerprint density at radius 3 is 2.42 bits per heavy atom. The van der Waals surface area contributed by atoms with Crippen LogP contribution in [0.4, 0.5) is 0 Å². The van der Waals surface area contributed by atoms with Gasteiger partial charge in [-0.15, -0.1) is 0 Å². The molecular formula is C23H19N3. The predicted molar refractivity (Wildman–Crippen MR) is 108 cm³/mol. The van der Waals surface area contributed by atoms with Gasteiger partial charge in [-0.05, 0) is 55.8 Å². The van der Waals surface area contributed by atoms with Crippen molar-refractivity contribution in [3.63, 3.8) is 0 Å². The van der Waals surface area contributed by atoms with Crippen LogP contribution in [0.1, 0.15) is 11.3 Å². The van der Waals surface area contributed by atoms with Crippen molar-refractivity contribution < 1.29 is 0 Å². The Kier molecular flexibility index (Phi) is 3.22. The highest BCUT2D eigenvalue weighted by atomic mass is 15.0. The summed E-state index contributed by atoms with van der Waals surface area (Å²) >= 11 is 0. The van der Waals surface area contributed by atoms with E-state index >= 15 is 0 Å². The molecular weight excluding hydrogens is 318 g/mol. The molecule has 26 heavy (non-hydrogen) atoms. The summed E-state index contributed by atoms with van der Waals surface area (Å²) in [4.78, 5) is 8.27. The lowest BCUT2D eigenvalue weighted by atomic mass is 10.0. The van der Waals surface area contributed by atoms with E-state index in [0.29, 0.717) is 0 Å². The molecule has 0 spiro atoms. The first-order valence-corrected chi connectivity index (χ1v) is 8.84. The molecule has 0 amide bonds. The monoisotopic (exact) mass is 337 g/mol. The second-order valence-electron chi connectivity index (χ2n) is 6.75. The minimum atomic E-state index is 1.04. The fraction of sp³-hybridized carbons (Fsp3) is 0.0870. The SMILES string of the molecule is Cc1cc(C)c(-c2cccc3c2c2ncccc2n3-c2ccccc2)[nH]1. The van der Waals surface area contributed by atoms with Crippen molar-refractivity contribution in [2.75, 3.05) is 0 Å². The molecule has 0 aliphatic carbocycles. The Morgan fingerprint density at radius 2 is 1.65 bits per heavy atom. The van der Waals surface area contributed by atoms with Crippen LogP contribution in [0, 0.1) is 13.8 Å². The Balaban J connectivity index is 1.96. The third-order valence-corrected chi connectivity index (χ3v) is 4.98. The zero-order valence-electron chi connectivity index (χ0n) is 14.8. The molecule has 0 saturated heterocycles. The molecule has 3 aromatic heterocycles. The van der Waals surface area contributed by atoms with Crippen molar-refractivity contribution in [1.29, 1.82) is 0 Å². The Bertz CT molecular complexity index is 1240. The minimum absolute atomic E-state index is 1.04. The fourth-order valence-corrected chi connectivity index (χ4v) is 3.95. The molecule has 0 aliphatic heterocycles. The average molecular weight is 337 g/mol. The van der Waals surface area contributed by atoms with Crippen LogP contribution in [0.3, 0.4) is 0 Å². The van der Waals surface area contributed by atoms with Gasteiger partial charge in [0, 0.05) is 34.2 Å². The number of nitrogens with zero attached hydrogens (tertiary/aromatic N) is 2. The number of rotatable bonds is 2. The van der Waals surface area contributed by atoms with Crippen molar-refractivity contribution in [3.05, 3.63) is 84.2 Å². The van der Waals surface area contributed by atoms with E-state index in [1.807, 2.05) is 18.3 Å². The van der Waals surface area contributed by atoms with E-state index in [1.54, 1.807) is 0 Å². The molecule has 3 heterocycles. The summed E-state index contributed by atoms with van der Waals surface area (Å²) in [5.74, 6) is 0. The molecule has 0 atom stereocenters. The highest BCUT2D eigenvalue weighted by Gasteiger charge is 2.18. The first-order chi connectivity index (χ1) is 12.7. The van der Waals surface area contributed by atoms with E-state index in [-0.39, 0.29) is 0 Å². The molecule has 0 unspecified atom stereocenters. The lowest BCUT2D eigenvalue weighted by molar-refractivity contribution is 1.17. The fourth-order valence-electron chi connectivity index (χ4n) is 3.95. The Hall–Kier alpha value is -3.33. The maximum absolute atomic E-state index is 4.74. The molecule has 0 radical (unpaired) electrons. The molecule has 1 N–H and O–H groups in total. The van der Waals surface area contributed by atoms with Crippen molar-refractivity contribution in [2.45, 2.75) is 13.8 Å². The number of nitrogens with one attached hydrogen (secondary N) is 1. The summed E-state index contributed by atoms with van der Waals surface area (Å²) in [5.41, 5.74) is 9.29. The third-order valence-electron chi connectivity index (χ3n) is 4.98. The molecule has 5 aromatic rings. The summed E-state index contributed by atoms with van der Waals surface area (Å²) in [7, 11) is 0. The molecule has 0 saturated carbocycles.